The van der Waals surface area contributed by atoms with E-state index in [1.165, 1.54) is 17.3 Å². The van der Waals surface area contributed by atoms with Crippen LogP contribution in [0.2, 0.25) is 5.02 Å². The van der Waals surface area contributed by atoms with Crippen LogP contribution in [0.1, 0.15) is 18.1 Å². The van der Waals surface area contributed by atoms with Crippen molar-refractivity contribution in [1.29, 1.82) is 0 Å². The second-order valence-electron chi connectivity index (χ2n) is 6.74. The maximum absolute atomic E-state index is 11.9. The monoisotopic (exact) mass is 493 g/mol. The molecule has 1 fully saturated rings. The molecule has 1 N–H and O–H groups in total. The number of rotatable bonds is 11. The number of thiocarbonyl (C=S) groups is 1. The highest BCUT2D eigenvalue weighted by molar-refractivity contribution is 8.26. The molecule has 32 heavy (non-hydrogen) atoms. The van der Waals surface area contributed by atoms with Crippen molar-refractivity contribution in [2.24, 2.45) is 0 Å². The molecule has 0 radical (unpaired) electrons. The molecule has 0 saturated carbocycles. The molecule has 2 aromatic carbocycles. The lowest BCUT2D eigenvalue weighted by molar-refractivity contribution is -0.115. The van der Waals surface area contributed by atoms with E-state index in [-0.39, 0.29) is 5.91 Å². The van der Waals surface area contributed by atoms with Crippen LogP contribution in [0.4, 0.5) is 0 Å². The van der Waals surface area contributed by atoms with Crippen LogP contribution in [0.5, 0.6) is 17.2 Å². The Morgan fingerprint density at radius 2 is 1.78 bits per heavy atom. The number of ether oxygens (including phenoxy) is 4. The minimum Gasteiger partial charge on any atom is -0.491 e. The molecule has 0 spiro atoms. The molecule has 1 amide bonds. The van der Waals surface area contributed by atoms with E-state index in [4.69, 9.17) is 42.8 Å². The van der Waals surface area contributed by atoms with Crippen molar-refractivity contribution >= 4 is 51.9 Å². The molecule has 2 aromatic rings. The second-order valence-corrected chi connectivity index (χ2v) is 8.86. The Morgan fingerprint density at radius 1 is 1.06 bits per heavy atom. The molecule has 0 atom stereocenters. The SMILES string of the molecule is CCOc1cc(/C=C2/SC(=S)NC2=O)cc(Cl)c1OCCOCCOc1ccc(C)cc1. The number of carbonyl (C=O) groups is 1. The maximum atomic E-state index is 11.9. The van der Waals surface area contributed by atoms with Gasteiger partial charge in [-0.25, -0.2) is 0 Å². The van der Waals surface area contributed by atoms with E-state index < -0.39 is 0 Å². The van der Waals surface area contributed by atoms with Gasteiger partial charge in [0.05, 0.1) is 29.7 Å². The van der Waals surface area contributed by atoms with E-state index in [9.17, 15) is 4.79 Å². The summed E-state index contributed by atoms with van der Waals surface area (Å²) >= 11 is 12.7. The molecule has 3 rings (SSSR count). The fourth-order valence-electron chi connectivity index (χ4n) is 2.80. The van der Waals surface area contributed by atoms with E-state index in [1.807, 2.05) is 38.1 Å². The molecule has 1 aliphatic heterocycles. The lowest BCUT2D eigenvalue weighted by Gasteiger charge is -2.15. The first-order valence-corrected chi connectivity index (χ1v) is 11.7. The Morgan fingerprint density at radius 3 is 2.44 bits per heavy atom. The first-order valence-electron chi connectivity index (χ1n) is 10.1. The normalized spacial score (nSPS) is 14.5. The zero-order valence-corrected chi connectivity index (χ0v) is 20.2. The van der Waals surface area contributed by atoms with Gasteiger partial charge in [-0.3, -0.25) is 4.79 Å². The highest BCUT2D eigenvalue weighted by Gasteiger charge is 2.22. The van der Waals surface area contributed by atoms with Gasteiger partial charge < -0.3 is 24.3 Å². The maximum Gasteiger partial charge on any atom is 0.263 e. The smallest absolute Gasteiger partial charge is 0.263 e. The summed E-state index contributed by atoms with van der Waals surface area (Å²) in [4.78, 5) is 12.4. The minimum absolute atomic E-state index is 0.224. The van der Waals surface area contributed by atoms with Crippen LogP contribution in [0.25, 0.3) is 6.08 Å². The van der Waals surface area contributed by atoms with Crippen molar-refractivity contribution in [1.82, 2.24) is 5.32 Å². The summed E-state index contributed by atoms with van der Waals surface area (Å²) in [6.45, 7) is 5.92. The third-order valence-electron chi connectivity index (χ3n) is 4.26. The summed E-state index contributed by atoms with van der Waals surface area (Å²) in [6, 6.07) is 11.4. The fraction of sp³-hybridized carbons (Fsp3) is 0.304. The summed E-state index contributed by atoms with van der Waals surface area (Å²) < 4.78 is 23.1. The summed E-state index contributed by atoms with van der Waals surface area (Å²) in [6.07, 6.45) is 1.72. The van der Waals surface area contributed by atoms with Gasteiger partial charge >= 0.3 is 0 Å². The van der Waals surface area contributed by atoms with Crippen LogP contribution >= 0.6 is 35.6 Å². The van der Waals surface area contributed by atoms with E-state index in [0.29, 0.717) is 58.8 Å². The van der Waals surface area contributed by atoms with Gasteiger partial charge in [0.1, 0.15) is 23.3 Å². The summed E-state index contributed by atoms with van der Waals surface area (Å²) in [5, 5.41) is 2.97. The largest absolute Gasteiger partial charge is 0.491 e. The van der Waals surface area contributed by atoms with Crippen molar-refractivity contribution < 1.29 is 23.7 Å². The predicted molar refractivity (Wildman–Crippen MR) is 132 cm³/mol. The molecule has 0 unspecified atom stereocenters. The Labute approximate surface area is 202 Å². The molecule has 170 valence electrons. The highest BCUT2D eigenvalue weighted by Crippen LogP contribution is 2.38. The Bertz CT molecular complexity index is 995. The molecular formula is C23H24ClNO5S2. The zero-order chi connectivity index (χ0) is 22.9. The number of benzene rings is 2. The third kappa shape index (κ3) is 7.13. The molecule has 9 heteroatoms. The summed E-state index contributed by atoms with van der Waals surface area (Å²) in [7, 11) is 0. The van der Waals surface area contributed by atoms with E-state index in [2.05, 4.69) is 5.32 Å². The van der Waals surface area contributed by atoms with Gasteiger partial charge in [0.15, 0.2) is 11.5 Å². The van der Waals surface area contributed by atoms with Gasteiger partial charge in [-0.1, -0.05) is 53.3 Å². The lowest BCUT2D eigenvalue weighted by atomic mass is 10.2. The lowest BCUT2D eigenvalue weighted by Crippen LogP contribution is -2.17. The average molecular weight is 494 g/mol. The van der Waals surface area contributed by atoms with Gasteiger partial charge in [-0.15, -0.1) is 0 Å². The number of thioether (sulfide) groups is 1. The van der Waals surface area contributed by atoms with Crippen molar-refractivity contribution in [3.05, 3.63) is 57.5 Å². The number of halogens is 1. The number of amides is 1. The van der Waals surface area contributed by atoms with Crippen LogP contribution in [-0.4, -0.2) is 43.3 Å². The number of hydrogen-bond acceptors (Lipinski definition) is 7. The minimum atomic E-state index is -0.224. The van der Waals surface area contributed by atoms with Crippen LogP contribution in [0.3, 0.4) is 0 Å². The van der Waals surface area contributed by atoms with Gasteiger partial charge in [-0.05, 0) is 49.8 Å². The Balaban J connectivity index is 1.50. The molecule has 1 aliphatic rings. The van der Waals surface area contributed by atoms with Crippen LogP contribution in [0, 0.1) is 6.92 Å². The van der Waals surface area contributed by atoms with Gasteiger partial charge in [0, 0.05) is 0 Å². The number of carbonyl (C=O) groups excluding carboxylic acids is 1. The number of hydrogen-bond donors (Lipinski definition) is 1. The first-order chi connectivity index (χ1) is 15.5. The molecular weight excluding hydrogens is 470 g/mol. The average Bonchev–Trinajstić information content (AvgIpc) is 3.07. The molecule has 1 saturated heterocycles. The van der Waals surface area contributed by atoms with Crippen LogP contribution in [0.15, 0.2) is 41.3 Å². The fourth-order valence-corrected chi connectivity index (χ4v) is 4.12. The van der Waals surface area contributed by atoms with E-state index in [1.54, 1.807) is 18.2 Å². The topological polar surface area (TPSA) is 66.0 Å². The van der Waals surface area contributed by atoms with Crippen molar-refractivity contribution in [3.63, 3.8) is 0 Å². The second kappa shape index (κ2) is 12.1. The van der Waals surface area contributed by atoms with Crippen molar-refractivity contribution in [2.75, 3.05) is 33.0 Å². The van der Waals surface area contributed by atoms with Crippen molar-refractivity contribution in [3.8, 4) is 17.2 Å². The number of nitrogens with one attached hydrogen (secondary N) is 1. The van der Waals surface area contributed by atoms with E-state index >= 15 is 0 Å². The van der Waals surface area contributed by atoms with Crippen LogP contribution < -0.4 is 19.5 Å². The summed E-state index contributed by atoms with van der Waals surface area (Å²) in [5.41, 5.74) is 1.91. The first kappa shape index (κ1) is 24.4. The molecule has 1 heterocycles. The van der Waals surface area contributed by atoms with Gasteiger partial charge in [0.25, 0.3) is 5.91 Å². The van der Waals surface area contributed by atoms with Gasteiger partial charge in [0.2, 0.25) is 0 Å². The Kier molecular flexibility index (Phi) is 9.23. The standard InChI is InChI=1S/C23H24ClNO5S2/c1-3-28-19-13-16(14-20-22(26)25-23(31)32-20)12-18(24)21(19)30-11-9-27-8-10-29-17-6-4-15(2)5-7-17/h4-7,12-14H,3,8-11H2,1-2H3,(H,25,26,31)/b20-14+. The van der Waals surface area contributed by atoms with Crippen molar-refractivity contribution in [2.45, 2.75) is 13.8 Å². The quantitative estimate of drug-likeness (QED) is 0.268. The third-order valence-corrected chi connectivity index (χ3v) is 5.71. The predicted octanol–water partition coefficient (Wildman–Crippen LogP) is 5.01. The molecule has 0 aromatic heterocycles. The molecule has 0 aliphatic carbocycles. The molecule has 0 bridgehead atoms. The zero-order valence-electron chi connectivity index (χ0n) is 17.8. The molecule has 6 nitrogen and oxygen atoms in total. The number of aryl methyl sites for hydroxylation is 1. The summed E-state index contributed by atoms with van der Waals surface area (Å²) in [5.74, 6) is 1.53. The van der Waals surface area contributed by atoms with Crippen LogP contribution in [-0.2, 0) is 9.53 Å². The Hall–Kier alpha value is -2.26. The van der Waals surface area contributed by atoms with Gasteiger partial charge in [-0.2, -0.15) is 0 Å². The van der Waals surface area contributed by atoms with E-state index in [0.717, 1.165) is 11.3 Å². The highest BCUT2D eigenvalue weighted by atomic mass is 35.5.